The van der Waals surface area contributed by atoms with Crippen molar-refractivity contribution in [3.8, 4) is 11.8 Å². The minimum Gasteiger partial charge on any atom is -0.508 e. The van der Waals surface area contributed by atoms with E-state index in [0.717, 1.165) is 29.8 Å². The fourth-order valence-corrected chi connectivity index (χ4v) is 3.83. The fraction of sp³-hybridized carbons (Fsp3) is 0.368. The van der Waals surface area contributed by atoms with Crippen LogP contribution in [0.5, 0.6) is 5.75 Å². The third-order valence-corrected chi connectivity index (χ3v) is 5.03. The Morgan fingerprint density at radius 2 is 1.92 bits per heavy atom. The largest absolute Gasteiger partial charge is 0.508 e. The number of hydrogen-bond acceptors (Lipinski definition) is 5. The Balaban J connectivity index is 1.83. The number of nitrogens with zero attached hydrogens (tertiary/aromatic N) is 3. The molecule has 0 saturated heterocycles. The minimum atomic E-state index is 0.262. The standard InChI is InChI=1S/C19H20N4O/c20-10-15-11-22-23-18(14-4-2-1-3-5-14)17(12-21-19(15)23)13-6-8-16(24)9-7-13/h6-9,12,14,22,24H,1-5,11H2. The van der Waals surface area contributed by atoms with E-state index in [1.807, 2.05) is 23.4 Å². The summed E-state index contributed by atoms with van der Waals surface area (Å²) in [5.74, 6) is 1.47. The summed E-state index contributed by atoms with van der Waals surface area (Å²) in [7, 11) is 0. The summed E-state index contributed by atoms with van der Waals surface area (Å²) in [5.41, 5.74) is 7.36. The molecule has 2 heterocycles. The van der Waals surface area contributed by atoms with Crippen molar-refractivity contribution in [3.63, 3.8) is 0 Å². The summed E-state index contributed by atoms with van der Waals surface area (Å²) in [4.78, 5) is 4.54. The average molecular weight is 320 g/mol. The molecule has 0 radical (unpaired) electrons. The topological polar surface area (TPSA) is 71.6 Å². The molecule has 1 aromatic carbocycles. The number of fused-ring (bicyclic) bond motifs is 1. The van der Waals surface area contributed by atoms with Gasteiger partial charge in [-0.25, -0.2) is 10.4 Å². The van der Waals surface area contributed by atoms with Crippen molar-refractivity contribution in [2.24, 2.45) is 10.9 Å². The molecule has 24 heavy (non-hydrogen) atoms. The van der Waals surface area contributed by atoms with Gasteiger partial charge in [0.1, 0.15) is 11.8 Å². The van der Waals surface area contributed by atoms with Gasteiger partial charge in [-0.1, -0.05) is 31.4 Å². The number of nitriles is 1. The number of benzene rings is 1. The van der Waals surface area contributed by atoms with E-state index in [1.54, 1.807) is 12.1 Å². The lowest BCUT2D eigenvalue weighted by Gasteiger charge is -2.35. The van der Waals surface area contributed by atoms with Crippen LogP contribution in [0.3, 0.4) is 0 Å². The van der Waals surface area contributed by atoms with E-state index in [4.69, 9.17) is 0 Å². The van der Waals surface area contributed by atoms with E-state index in [2.05, 4.69) is 16.5 Å². The number of aromatic hydroxyl groups is 1. The molecule has 0 aromatic heterocycles. The lowest BCUT2D eigenvalue weighted by molar-refractivity contribution is 0.271. The van der Waals surface area contributed by atoms with E-state index in [9.17, 15) is 10.4 Å². The molecule has 0 amide bonds. The molecule has 2 N–H and O–H groups in total. The second-order valence-corrected chi connectivity index (χ2v) is 6.52. The van der Waals surface area contributed by atoms with Gasteiger partial charge in [0, 0.05) is 23.4 Å². The zero-order valence-corrected chi connectivity index (χ0v) is 13.5. The molecule has 1 fully saturated rings. The molecular weight excluding hydrogens is 300 g/mol. The Labute approximate surface area is 141 Å². The zero-order valence-electron chi connectivity index (χ0n) is 13.5. The van der Waals surface area contributed by atoms with Crippen LogP contribution in [0.15, 0.2) is 46.3 Å². The Morgan fingerprint density at radius 3 is 2.62 bits per heavy atom. The van der Waals surface area contributed by atoms with Gasteiger partial charge in [-0.05, 0) is 30.5 Å². The number of phenols is 1. The van der Waals surface area contributed by atoms with Gasteiger partial charge < -0.3 is 5.11 Å². The first-order chi connectivity index (χ1) is 11.8. The van der Waals surface area contributed by atoms with Gasteiger partial charge in [-0.15, -0.1) is 0 Å². The Hall–Kier alpha value is -2.58. The number of allylic oxidation sites excluding steroid dienone is 2. The van der Waals surface area contributed by atoms with Gasteiger partial charge >= 0.3 is 0 Å². The molecule has 0 unspecified atom stereocenters. The van der Waals surface area contributed by atoms with Crippen LogP contribution in [0.2, 0.25) is 0 Å². The molecule has 1 aliphatic carbocycles. The van der Waals surface area contributed by atoms with Crippen molar-refractivity contribution in [1.82, 2.24) is 10.4 Å². The first-order valence-corrected chi connectivity index (χ1v) is 8.52. The summed E-state index contributed by atoms with van der Waals surface area (Å²) >= 11 is 0. The second kappa shape index (κ2) is 6.14. The van der Waals surface area contributed by atoms with Crippen molar-refractivity contribution in [2.75, 3.05) is 6.54 Å². The van der Waals surface area contributed by atoms with Gasteiger partial charge in [0.2, 0.25) is 0 Å². The van der Waals surface area contributed by atoms with Gasteiger partial charge in [0.15, 0.2) is 5.82 Å². The first-order valence-electron chi connectivity index (χ1n) is 8.52. The van der Waals surface area contributed by atoms with Crippen LogP contribution in [0.4, 0.5) is 0 Å². The first kappa shape index (κ1) is 15.0. The molecule has 1 saturated carbocycles. The highest BCUT2D eigenvalue weighted by molar-refractivity contribution is 6.12. The molecule has 5 nitrogen and oxygen atoms in total. The highest BCUT2D eigenvalue weighted by atomic mass is 16.3. The summed E-state index contributed by atoms with van der Waals surface area (Å²) in [6.07, 6.45) is 7.99. The summed E-state index contributed by atoms with van der Waals surface area (Å²) in [6, 6.07) is 9.52. The number of nitrogens with one attached hydrogen (secondary N) is 1. The van der Waals surface area contributed by atoms with E-state index in [0.29, 0.717) is 18.0 Å². The molecule has 1 aromatic rings. The normalized spacial score (nSPS) is 21.2. The minimum absolute atomic E-state index is 0.262. The molecule has 122 valence electrons. The maximum absolute atomic E-state index is 9.57. The van der Waals surface area contributed by atoms with Gasteiger partial charge in [0.05, 0.1) is 12.1 Å². The Kier molecular flexibility index (Phi) is 3.83. The predicted molar refractivity (Wildman–Crippen MR) is 92.6 cm³/mol. The number of phenolic OH excluding ortho intramolecular Hbond substituents is 1. The number of rotatable bonds is 2. The van der Waals surface area contributed by atoms with E-state index in [-0.39, 0.29) is 5.75 Å². The average Bonchev–Trinajstić information content (AvgIpc) is 3.05. The van der Waals surface area contributed by atoms with Crippen molar-refractivity contribution in [2.45, 2.75) is 32.1 Å². The Morgan fingerprint density at radius 1 is 1.17 bits per heavy atom. The lowest BCUT2D eigenvalue weighted by atomic mass is 9.83. The smallest absolute Gasteiger partial charge is 0.162 e. The molecule has 3 aliphatic rings. The SMILES string of the molecule is N#CC1=C2N=CC(c3ccc(O)cc3)=C(C3CCCCC3)N2NC1. The Bertz CT molecular complexity index is 777. The molecular formula is C19H20N4O. The molecule has 2 aliphatic heterocycles. The molecule has 0 spiro atoms. The van der Waals surface area contributed by atoms with E-state index in [1.165, 1.54) is 25.0 Å². The second-order valence-electron chi connectivity index (χ2n) is 6.52. The van der Waals surface area contributed by atoms with Crippen LogP contribution >= 0.6 is 0 Å². The lowest BCUT2D eigenvalue weighted by Crippen LogP contribution is -2.37. The summed E-state index contributed by atoms with van der Waals surface area (Å²) in [6.45, 7) is 0.530. The van der Waals surface area contributed by atoms with Crippen LogP contribution < -0.4 is 5.43 Å². The molecule has 0 bridgehead atoms. The highest BCUT2D eigenvalue weighted by Crippen LogP contribution is 2.40. The molecule has 4 rings (SSSR count). The quantitative estimate of drug-likeness (QED) is 0.877. The molecule has 5 heteroatoms. The third-order valence-electron chi connectivity index (χ3n) is 5.03. The van der Waals surface area contributed by atoms with Gasteiger partial charge in [-0.3, -0.25) is 5.01 Å². The summed E-state index contributed by atoms with van der Waals surface area (Å²) < 4.78 is 0. The highest BCUT2D eigenvalue weighted by Gasteiger charge is 2.34. The van der Waals surface area contributed by atoms with Crippen molar-refractivity contribution >= 4 is 11.8 Å². The monoisotopic (exact) mass is 320 g/mol. The summed E-state index contributed by atoms with van der Waals surface area (Å²) in [5, 5.41) is 20.9. The number of aliphatic imine (C=N–C) groups is 1. The maximum atomic E-state index is 9.57. The predicted octanol–water partition coefficient (Wildman–Crippen LogP) is 3.32. The van der Waals surface area contributed by atoms with Crippen LogP contribution in [-0.4, -0.2) is 22.9 Å². The van der Waals surface area contributed by atoms with Gasteiger partial charge in [0.25, 0.3) is 0 Å². The van der Waals surface area contributed by atoms with Crippen LogP contribution in [0.25, 0.3) is 5.57 Å². The fourth-order valence-electron chi connectivity index (χ4n) is 3.83. The van der Waals surface area contributed by atoms with Crippen LogP contribution in [0, 0.1) is 17.2 Å². The van der Waals surface area contributed by atoms with E-state index < -0.39 is 0 Å². The van der Waals surface area contributed by atoms with Crippen LogP contribution in [0.1, 0.15) is 37.7 Å². The van der Waals surface area contributed by atoms with Crippen molar-refractivity contribution in [1.29, 1.82) is 5.26 Å². The van der Waals surface area contributed by atoms with Crippen molar-refractivity contribution < 1.29 is 5.11 Å². The van der Waals surface area contributed by atoms with E-state index >= 15 is 0 Å². The van der Waals surface area contributed by atoms with Crippen LogP contribution in [-0.2, 0) is 0 Å². The van der Waals surface area contributed by atoms with Gasteiger partial charge in [-0.2, -0.15) is 5.26 Å². The third kappa shape index (κ3) is 2.49. The van der Waals surface area contributed by atoms with Crippen molar-refractivity contribution in [3.05, 3.63) is 46.9 Å². The number of hydrazine groups is 1. The number of hydrogen-bond donors (Lipinski definition) is 2. The molecule has 0 atom stereocenters. The maximum Gasteiger partial charge on any atom is 0.162 e. The zero-order chi connectivity index (χ0) is 16.5.